The third kappa shape index (κ3) is 9.27. The molecule has 1 unspecified atom stereocenters. The Labute approximate surface area is 114 Å². The minimum absolute atomic E-state index is 0.376. The summed E-state index contributed by atoms with van der Waals surface area (Å²) in [5.41, 5.74) is 12.5. The predicted octanol–water partition coefficient (Wildman–Crippen LogP) is 1.99. The van der Waals surface area contributed by atoms with Gasteiger partial charge in [-0.05, 0) is 0 Å². The summed E-state index contributed by atoms with van der Waals surface area (Å²) in [7, 11) is -2.92. The Morgan fingerprint density at radius 3 is 2.00 bits per heavy atom. The zero-order chi connectivity index (χ0) is 14.4. The Morgan fingerprint density at radius 2 is 1.61 bits per heavy atom. The van der Waals surface area contributed by atoms with Crippen LogP contribution in [0, 0.1) is 22.9 Å². The molecule has 0 aromatic rings. The summed E-state index contributed by atoms with van der Waals surface area (Å²) >= 11 is 0. The number of aliphatic hydroxyl groups is 1. The quantitative estimate of drug-likeness (QED) is 0.600. The molecule has 4 heteroatoms. The monoisotopic (exact) mass is 279 g/mol. The molecular formula is C14H25NOSi2. The van der Waals surface area contributed by atoms with Gasteiger partial charge in [-0.2, -0.15) is 0 Å². The van der Waals surface area contributed by atoms with Crippen LogP contribution in [0.1, 0.15) is 0 Å². The van der Waals surface area contributed by atoms with Crippen molar-refractivity contribution in [2.24, 2.45) is 5.73 Å². The van der Waals surface area contributed by atoms with Crippen molar-refractivity contribution in [2.75, 3.05) is 6.54 Å². The van der Waals surface area contributed by atoms with Crippen LogP contribution in [0.4, 0.5) is 0 Å². The topological polar surface area (TPSA) is 46.2 Å². The smallest absolute Gasteiger partial charge is 0.147 e. The van der Waals surface area contributed by atoms with Gasteiger partial charge in [0.25, 0.3) is 0 Å². The van der Waals surface area contributed by atoms with E-state index in [4.69, 9.17) is 5.73 Å². The fourth-order valence-electron chi connectivity index (χ4n) is 0.980. The number of nitrogens with two attached hydrogens (primary N) is 1. The lowest BCUT2D eigenvalue weighted by Crippen LogP contribution is -2.19. The van der Waals surface area contributed by atoms with Crippen LogP contribution in [0.3, 0.4) is 0 Å². The molecule has 0 aliphatic heterocycles. The highest BCUT2D eigenvalue weighted by Crippen LogP contribution is 2.04. The van der Waals surface area contributed by atoms with Gasteiger partial charge in [-0.25, -0.2) is 0 Å². The van der Waals surface area contributed by atoms with E-state index in [0.717, 1.165) is 0 Å². The Bertz CT molecular complexity index is 419. The molecule has 0 aromatic carbocycles. The minimum atomic E-state index is -1.47. The van der Waals surface area contributed by atoms with Crippen molar-refractivity contribution in [1.29, 1.82) is 0 Å². The third-order valence-corrected chi connectivity index (χ3v) is 3.57. The molecule has 0 aliphatic carbocycles. The highest BCUT2D eigenvalue weighted by atomic mass is 28.3. The van der Waals surface area contributed by atoms with Gasteiger partial charge in [0.2, 0.25) is 0 Å². The first-order valence-electron chi connectivity index (χ1n) is 6.19. The highest BCUT2D eigenvalue weighted by Gasteiger charge is 2.12. The van der Waals surface area contributed by atoms with E-state index in [9.17, 15) is 5.11 Å². The highest BCUT2D eigenvalue weighted by molar-refractivity contribution is 6.84. The number of hydrogen-bond donors (Lipinski definition) is 2. The van der Waals surface area contributed by atoms with Gasteiger partial charge >= 0.3 is 0 Å². The summed E-state index contributed by atoms with van der Waals surface area (Å²) < 4.78 is 0. The molecular weight excluding hydrogens is 254 g/mol. The fraction of sp³-hybridized carbons (Fsp3) is 0.571. The van der Waals surface area contributed by atoms with E-state index in [2.05, 4.69) is 62.2 Å². The molecule has 0 aliphatic rings. The molecule has 3 N–H and O–H groups in total. The first-order chi connectivity index (χ1) is 8.05. The first kappa shape index (κ1) is 17.2. The van der Waals surface area contributed by atoms with Crippen molar-refractivity contribution in [2.45, 2.75) is 45.4 Å². The Balaban J connectivity index is 5.08. The maximum atomic E-state index is 10.0. The van der Waals surface area contributed by atoms with Crippen LogP contribution in [-0.4, -0.2) is 33.9 Å². The van der Waals surface area contributed by atoms with Crippen LogP contribution in [0.2, 0.25) is 39.3 Å². The largest absolute Gasteiger partial charge is 0.375 e. The summed E-state index contributed by atoms with van der Waals surface area (Å²) in [4.78, 5) is 0. The molecule has 0 amide bonds. The summed E-state index contributed by atoms with van der Waals surface area (Å²) in [6, 6.07) is 0. The molecule has 0 heterocycles. The van der Waals surface area contributed by atoms with Crippen LogP contribution in [-0.2, 0) is 0 Å². The molecule has 0 aromatic heterocycles. The maximum Gasteiger partial charge on any atom is 0.147 e. The fourth-order valence-corrected chi connectivity index (χ4v) is 2.07. The average molecular weight is 280 g/mol. The Morgan fingerprint density at radius 1 is 1.11 bits per heavy atom. The summed E-state index contributed by atoms with van der Waals surface area (Å²) in [5, 5.41) is 10.0. The molecule has 18 heavy (non-hydrogen) atoms. The van der Waals surface area contributed by atoms with Crippen LogP contribution >= 0.6 is 0 Å². The Kier molecular flexibility index (Phi) is 6.66. The molecule has 0 rings (SSSR count). The van der Waals surface area contributed by atoms with Gasteiger partial charge in [0, 0.05) is 12.1 Å². The van der Waals surface area contributed by atoms with Crippen molar-refractivity contribution in [1.82, 2.24) is 0 Å². The molecule has 0 fully saturated rings. The van der Waals surface area contributed by atoms with Crippen molar-refractivity contribution in [3.8, 4) is 22.9 Å². The maximum absolute atomic E-state index is 10.0. The molecule has 0 saturated carbocycles. The van der Waals surface area contributed by atoms with Crippen LogP contribution in [0.5, 0.6) is 0 Å². The van der Waals surface area contributed by atoms with Gasteiger partial charge in [0.05, 0.1) is 0 Å². The van der Waals surface area contributed by atoms with Crippen molar-refractivity contribution >= 4 is 16.1 Å². The van der Waals surface area contributed by atoms with Gasteiger partial charge in [0.1, 0.15) is 22.3 Å². The van der Waals surface area contributed by atoms with Gasteiger partial charge < -0.3 is 10.8 Å². The van der Waals surface area contributed by atoms with E-state index in [0.29, 0.717) is 12.1 Å². The zero-order valence-electron chi connectivity index (χ0n) is 12.4. The SMILES string of the molecule is C[Si](C)(C)C#C/C(=C\CN)C(O)C#C[Si](C)(C)C. The third-order valence-electron chi connectivity index (χ3n) is 1.80. The number of hydrogen-bond acceptors (Lipinski definition) is 2. The lowest BCUT2D eigenvalue weighted by molar-refractivity contribution is 0.273. The van der Waals surface area contributed by atoms with Crippen molar-refractivity contribution < 1.29 is 5.11 Å². The Hall–Kier alpha value is -0.786. The van der Waals surface area contributed by atoms with Crippen molar-refractivity contribution in [3.63, 3.8) is 0 Å². The second-order valence-electron chi connectivity index (χ2n) is 6.32. The summed E-state index contributed by atoms with van der Waals surface area (Å²) in [6.07, 6.45) is 0.959. The summed E-state index contributed by atoms with van der Waals surface area (Å²) in [5.74, 6) is 5.95. The molecule has 1 atom stereocenters. The van der Waals surface area contributed by atoms with Gasteiger partial charge in [0.15, 0.2) is 0 Å². The first-order valence-corrected chi connectivity index (χ1v) is 13.2. The number of rotatable bonds is 2. The van der Waals surface area contributed by atoms with E-state index in [1.54, 1.807) is 6.08 Å². The average Bonchev–Trinajstić information content (AvgIpc) is 2.18. The molecule has 0 saturated heterocycles. The van der Waals surface area contributed by atoms with E-state index < -0.39 is 22.3 Å². The lowest BCUT2D eigenvalue weighted by atomic mass is 10.1. The number of aliphatic hydroxyl groups excluding tert-OH is 1. The zero-order valence-corrected chi connectivity index (χ0v) is 14.4. The molecule has 2 nitrogen and oxygen atoms in total. The van der Waals surface area contributed by atoms with Crippen molar-refractivity contribution in [3.05, 3.63) is 11.6 Å². The second kappa shape index (κ2) is 6.96. The van der Waals surface area contributed by atoms with E-state index in [-0.39, 0.29) is 0 Å². The van der Waals surface area contributed by atoms with Crippen LogP contribution < -0.4 is 5.73 Å². The van der Waals surface area contributed by atoms with E-state index in [1.165, 1.54) is 0 Å². The van der Waals surface area contributed by atoms with Gasteiger partial charge in [-0.3, -0.25) is 0 Å². The normalized spacial score (nSPS) is 14.1. The molecule has 100 valence electrons. The lowest BCUT2D eigenvalue weighted by Gasteiger charge is -2.08. The van der Waals surface area contributed by atoms with Gasteiger partial charge in [-0.1, -0.05) is 57.2 Å². The summed E-state index contributed by atoms with van der Waals surface area (Å²) in [6.45, 7) is 13.3. The second-order valence-corrected chi connectivity index (χ2v) is 15.8. The predicted molar refractivity (Wildman–Crippen MR) is 85.4 cm³/mol. The molecule has 0 bridgehead atoms. The van der Waals surface area contributed by atoms with Crippen LogP contribution in [0.15, 0.2) is 11.6 Å². The van der Waals surface area contributed by atoms with E-state index >= 15 is 0 Å². The molecule has 0 radical (unpaired) electrons. The van der Waals surface area contributed by atoms with Gasteiger partial charge in [-0.15, -0.1) is 11.1 Å². The van der Waals surface area contributed by atoms with E-state index in [1.807, 2.05) is 0 Å². The standard InChI is InChI=1S/C14H25NOSi2/c1-17(2,3)11-8-13(7-10-15)14(16)9-12-18(4,5)6/h7,14,16H,10,15H2,1-6H3/b13-7+. The van der Waals surface area contributed by atoms with Crippen LogP contribution in [0.25, 0.3) is 0 Å². The minimum Gasteiger partial charge on any atom is -0.375 e. The molecule has 0 spiro atoms.